The number of nitrogens with zero attached hydrogens (tertiary/aromatic N) is 3. The number of hydrogen-bond donors (Lipinski definition) is 1. The molecule has 2 aromatic rings. The predicted molar refractivity (Wildman–Crippen MR) is 98.0 cm³/mol. The maximum Gasteiger partial charge on any atom is 0.321 e. The number of rotatable bonds is 3. The van der Waals surface area contributed by atoms with Crippen LogP contribution in [0.5, 0.6) is 0 Å². The zero-order valence-electron chi connectivity index (χ0n) is 14.5. The van der Waals surface area contributed by atoms with Gasteiger partial charge in [-0.25, -0.2) is 9.18 Å². The van der Waals surface area contributed by atoms with Gasteiger partial charge >= 0.3 is 6.03 Å². The van der Waals surface area contributed by atoms with E-state index in [1.807, 2.05) is 24.3 Å². The molecular weight excluding hydrogens is 331 g/mol. The third-order valence-corrected chi connectivity index (χ3v) is 4.48. The Morgan fingerprint density at radius 3 is 2.58 bits per heavy atom. The maximum atomic E-state index is 13.7. The molecule has 0 bridgehead atoms. The summed E-state index contributed by atoms with van der Waals surface area (Å²) in [6.07, 6.45) is 0.862. The van der Waals surface area contributed by atoms with E-state index in [2.05, 4.69) is 16.3 Å². The number of hydrogen-bond acceptors (Lipinski definition) is 3. The lowest BCUT2D eigenvalue weighted by Gasteiger charge is -2.22. The van der Waals surface area contributed by atoms with Gasteiger partial charge in [0.15, 0.2) is 0 Å². The van der Waals surface area contributed by atoms with Crippen LogP contribution in [0.2, 0.25) is 0 Å². The number of para-hydroxylation sites is 1. The van der Waals surface area contributed by atoms with Gasteiger partial charge in [-0.1, -0.05) is 24.3 Å². The SMILES string of the molecule is N#Cc1ccc(CN2CCCN(C(=O)Nc3ccccc3F)CC2)cc1. The Hall–Kier alpha value is -2.91. The Labute approximate surface area is 152 Å². The molecular formula is C20H21FN4O. The molecule has 1 aliphatic heterocycles. The lowest BCUT2D eigenvalue weighted by molar-refractivity contribution is 0.211. The first kappa shape index (κ1) is 17.9. The number of amides is 2. The van der Waals surface area contributed by atoms with Crippen LogP contribution >= 0.6 is 0 Å². The second-order valence-electron chi connectivity index (χ2n) is 6.34. The van der Waals surface area contributed by atoms with Crippen molar-refractivity contribution in [3.63, 3.8) is 0 Å². The number of carbonyl (C=O) groups is 1. The van der Waals surface area contributed by atoms with E-state index in [-0.39, 0.29) is 11.7 Å². The molecule has 0 atom stereocenters. The number of urea groups is 1. The van der Waals surface area contributed by atoms with E-state index in [1.54, 1.807) is 23.1 Å². The smallest absolute Gasteiger partial charge is 0.321 e. The molecule has 1 saturated heterocycles. The highest BCUT2D eigenvalue weighted by molar-refractivity contribution is 5.89. The van der Waals surface area contributed by atoms with Gasteiger partial charge in [-0.15, -0.1) is 0 Å². The molecule has 0 aromatic heterocycles. The van der Waals surface area contributed by atoms with Crippen LogP contribution < -0.4 is 5.32 Å². The topological polar surface area (TPSA) is 59.4 Å². The summed E-state index contributed by atoms with van der Waals surface area (Å²) in [5.41, 5.74) is 2.00. The third kappa shape index (κ3) is 4.58. The van der Waals surface area contributed by atoms with Crippen molar-refractivity contribution in [3.8, 4) is 6.07 Å². The maximum absolute atomic E-state index is 13.7. The lowest BCUT2D eigenvalue weighted by atomic mass is 10.1. The molecule has 26 heavy (non-hydrogen) atoms. The summed E-state index contributed by atoms with van der Waals surface area (Å²) in [5, 5.41) is 11.5. The molecule has 2 amide bonds. The molecule has 0 unspecified atom stereocenters. The van der Waals surface area contributed by atoms with E-state index < -0.39 is 5.82 Å². The molecule has 0 aliphatic carbocycles. The molecule has 0 spiro atoms. The fourth-order valence-corrected chi connectivity index (χ4v) is 3.03. The van der Waals surface area contributed by atoms with Gasteiger partial charge in [0.25, 0.3) is 0 Å². The number of halogens is 1. The molecule has 5 nitrogen and oxygen atoms in total. The van der Waals surface area contributed by atoms with Crippen molar-refractivity contribution in [2.24, 2.45) is 0 Å². The first-order valence-electron chi connectivity index (χ1n) is 8.67. The Morgan fingerprint density at radius 2 is 1.85 bits per heavy atom. The summed E-state index contributed by atoms with van der Waals surface area (Å²) in [7, 11) is 0. The molecule has 0 radical (unpaired) electrons. The molecule has 3 rings (SSSR count). The number of nitriles is 1. The van der Waals surface area contributed by atoms with E-state index >= 15 is 0 Å². The van der Waals surface area contributed by atoms with Crippen molar-refractivity contribution in [1.82, 2.24) is 9.80 Å². The summed E-state index contributed by atoms with van der Waals surface area (Å²) >= 11 is 0. The summed E-state index contributed by atoms with van der Waals surface area (Å²) in [4.78, 5) is 16.4. The van der Waals surface area contributed by atoms with Gasteiger partial charge in [0.2, 0.25) is 0 Å². The first-order chi connectivity index (χ1) is 12.7. The van der Waals surface area contributed by atoms with Crippen molar-refractivity contribution in [1.29, 1.82) is 5.26 Å². The van der Waals surface area contributed by atoms with Gasteiger partial charge in [0.1, 0.15) is 5.82 Å². The molecule has 1 N–H and O–H groups in total. The van der Waals surface area contributed by atoms with Crippen LogP contribution in [-0.4, -0.2) is 42.0 Å². The fourth-order valence-electron chi connectivity index (χ4n) is 3.03. The zero-order valence-corrected chi connectivity index (χ0v) is 14.5. The Balaban J connectivity index is 1.55. The van der Waals surface area contributed by atoms with Gasteiger partial charge in [0.05, 0.1) is 17.3 Å². The van der Waals surface area contributed by atoms with Gasteiger partial charge in [-0.2, -0.15) is 5.26 Å². The number of benzene rings is 2. The molecule has 1 fully saturated rings. The average molecular weight is 352 g/mol. The van der Waals surface area contributed by atoms with Crippen LogP contribution in [0.3, 0.4) is 0 Å². The second-order valence-corrected chi connectivity index (χ2v) is 6.34. The lowest BCUT2D eigenvalue weighted by Crippen LogP contribution is -2.38. The summed E-state index contributed by atoms with van der Waals surface area (Å²) in [5.74, 6) is -0.432. The highest BCUT2D eigenvalue weighted by Gasteiger charge is 2.20. The van der Waals surface area contributed by atoms with E-state index in [1.165, 1.54) is 6.07 Å². The minimum Gasteiger partial charge on any atom is -0.323 e. The normalized spacial score (nSPS) is 15.2. The Kier molecular flexibility index (Phi) is 5.82. The standard InChI is InChI=1S/C20H21FN4O/c21-18-4-1-2-5-19(18)23-20(26)25-11-3-10-24(12-13-25)15-17-8-6-16(14-22)7-9-17/h1-2,4-9H,3,10-13,15H2,(H,23,26). The van der Waals surface area contributed by atoms with E-state index in [0.717, 1.165) is 31.6 Å². The monoisotopic (exact) mass is 352 g/mol. The van der Waals surface area contributed by atoms with Crippen molar-refractivity contribution in [2.45, 2.75) is 13.0 Å². The number of nitrogens with one attached hydrogen (secondary N) is 1. The zero-order chi connectivity index (χ0) is 18.4. The predicted octanol–water partition coefficient (Wildman–Crippen LogP) is 3.44. The highest BCUT2D eigenvalue weighted by Crippen LogP contribution is 2.15. The largest absolute Gasteiger partial charge is 0.323 e. The van der Waals surface area contributed by atoms with Gasteiger partial charge < -0.3 is 10.2 Å². The Bertz CT molecular complexity index is 800. The first-order valence-corrected chi connectivity index (χ1v) is 8.67. The average Bonchev–Trinajstić information content (AvgIpc) is 2.90. The quantitative estimate of drug-likeness (QED) is 0.921. The third-order valence-electron chi connectivity index (χ3n) is 4.48. The Morgan fingerprint density at radius 1 is 1.08 bits per heavy atom. The minimum absolute atomic E-state index is 0.205. The van der Waals surface area contributed by atoms with Crippen molar-refractivity contribution in [2.75, 3.05) is 31.5 Å². The van der Waals surface area contributed by atoms with Crippen LogP contribution in [0.4, 0.5) is 14.9 Å². The number of carbonyl (C=O) groups excluding carboxylic acids is 1. The van der Waals surface area contributed by atoms with Crippen molar-refractivity contribution < 1.29 is 9.18 Å². The fraction of sp³-hybridized carbons (Fsp3) is 0.300. The van der Waals surface area contributed by atoms with Crippen molar-refractivity contribution >= 4 is 11.7 Å². The van der Waals surface area contributed by atoms with Gasteiger partial charge in [-0.3, -0.25) is 4.90 Å². The number of anilines is 1. The minimum atomic E-state index is -0.432. The summed E-state index contributed by atoms with van der Waals surface area (Å²) < 4.78 is 13.7. The van der Waals surface area contributed by atoms with Crippen LogP contribution in [0.15, 0.2) is 48.5 Å². The van der Waals surface area contributed by atoms with E-state index in [9.17, 15) is 9.18 Å². The van der Waals surface area contributed by atoms with Crippen LogP contribution in [-0.2, 0) is 6.54 Å². The summed E-state index contributed by atoms with van der Waals surface area (Å²) in [6, 6.07) is 15.6. The molecule has 6 heteroatoms. The highest BCUT2D eigenvalue weighted by atomic mass is 19.1. The van der Waals surface area contributed by atoms with E-state index in [0.29, 0.717) is 18.7 Å². The summed E-state index contributed by atoms with van der Waals surface area (Å²) in [6.45, 7) is 3.67. The van der Waals surface area contributed by atoms with Crippen LogP contribution in [0.1, 0.15) is 17.5 Å². The molecule has 2 aromatic carbocycles. The molecule has 0 saturated carbocycles. The van der Waals surface area contributed by atoms with Gasteiger partial charge in [-0.05, 0) is 36.2 Å². The van der Waals surface area contributed by atoms with Crippen LogP contribution in [0, 0.1) is 17.1 Å². The second kappa shape index (κ2) is 8.45. The molecule has 134 valence electrons. The van der Waals surface area contributed by atoms with Crippen LogP contribution in [0.25, 0.3) is 0 Å². The van der Waals surface area contributed by atoms with E-state index in [4.69, 9.17) is 5.26 Å². The molecule has 1 aliphatic rings. The molecule has 1 heterocycles. The van der Waals surface area contributed by atoms with Crippen molar-refractivity contribution in [3.05, 3.63) is 65.5 Å². The van der Waals surface area contributed by atoms with Gasteiger partial charge in [0, 0.05) is 32.7 Å².